The number of hydrogen-bond acceptors (Lipinski definition) is 5. The molecule has 5 heteroatoms. The Morgan fingerprint density at radius 3 is 2.57 bits per heavy atom. The highest BCUT2D eigenvalue weighted by atomic mass is 16.5. The maximum atomic E-state index is 11.8. The average molecular weight is 287 g/mol. The summed E-state index contributed by atoms with van der Waals surface area (Å²) in [5.41, 5.74) is 0.537. The number of ether oxygens (including phenoxy) is 1. The van der Waals surface area contributed by atoms with Crippen LogP contribution in [0.15, 0.2) is 44.5 Å². The summed E-state index contributed by atoms with van der Waals surface area (Å²) in [7, 11) is 0. The van der Waals surface area contributed by atoms with Gasteiger partial charge < -0.3 is 14.3 Å². The summed E-state index contributed by atoms with van der Waals surface area (Å²) in [6, 6.07) is 8.55. The predicted octanol–water partition coefficient (Wildman–Crippen LogP) is 3.19. The molecule has 1 aromatic heterocycles. The number of benzene rings is 1. The molecule has 1 heterocycles. The molecular formula is C16H17NO4. The van der Waals surface area contributed by atoms with Gasteiger partial charge >= 0.3 is 5.63 Å². The molecule has 2 rings (SSSR count). The molecule has 0 bridgehead atoms. The Morgan fingerprint density at radius 1 is 1.33 bits per heavy atom. The van der Waals surface area contributed by atoms with E-state index in [1.54, 1.807) is 38.1 Å². The zero-order valence-electron chi connectivity index (χ0n) is 12.2. The van der Waals surface area contributed by atoms with Crippen molar-refractivity contribution in [2.45, 2.75) is 20.8 Å². The summed E-state index contributed by atoms with van der Waals surface area (Å²) in [6.07, 6.45) is 0. The van der Waals surface area contributed by atoms with E-state index in [1.165, 1.54) is 6.07 Å². The van der Waals surface area contributed by atoms with Crippen molar-refractivity contribution in [3.8, 4) is 11.5 Å². The third kappa shape index (κ3) is 3.51. The van der Waals surface area contributed by atoms with Crippen LogP contribution in [-0.2, 0) is 0 Å². The summed E-state index contributed by atoms with van der Waals surface area (Å²) in [5.74, 6) is 0.984. The van der Waals surface area contributed by atoms with Crippen LogP contribution in [0.5, 0.6) is 11.5 Å². The highest BCUT2D eigenvalue weighted by molar-refractivity contribution is 6.01. The van der Waals surface area contributed by atoms with Crippen molar-refractivity contribution >= 4 is 11.4 Å². The van der Waals surface area contributed by atoms with Gasteiger partial charge in [-0.2, -0.15) is 0 Å². The molecule has 0 fully saturated rings. The standard InChI is InChI=1S/C16H17NO4/c1-4-20-13-7-5-12(6-8-13)17-11(3)15-14(18)9-10(2)21-16(15)19/h5-9,18H,4H2,1-3H3. The zero-order chi connectivity index (χ0) is 15.4. The van der Waals surface area contributed by atoms with E-state index in [-0.39, 0.29) is 11.3 Å². The summed E-state index contributed by atoms with van der Waals surface area (Å²) in [5, 5.41) is 9.87. The Balaban J connectivity index is 2.35. The van der Waals surface area contributed by atoms with Crippen LogP contribution in [0.2, 0.25) is 0 Å². The monoisotopic (exact) mass is 287 g/mol. The molecule has 0 saturated heterocycles. The smallest absolute Gasteiger partial charge is 0.348 e. The van der Waals surface area contributed by atoms with Gasteiger partial charge in [0.1, 0.15) is 22.8 Å². The molecule has 0 aliphatic heterocycles. The quantitative estimate of drug-likeness (QED) is 0.876. The minimum absolute atomic E-state index is 0.0782. The van der Waals surface area contributed by atoms with Gasteiger partial charge in [-0.15, -0.1) is 0 Å². The molecule has 1 aromatic carbocycles. The third-order valence-electron chi connectivity index (χ3n) is 2.86. The van der Waals surface area contributed by atoms with Gasteiger partial charge in [-0.05, 0) is 45.0 Å². The van der Waals surface area contributed by atoms with E-state index in [4.69, 9.17) is 9.15 Å². The van der Waals surface area contributed by atoms with Gasteiger partial charge in [0, 0.05) is 6.07 Å². The highest BCUT2D eigenvalue weighted by Gasteiger charge is 2.12. The molecule has 2 aromatic rings. The topological polar surface area (TPSA) is 72.0 Å². The van der Waals surface area contributed by atoms with Crippen LogP contribution < -0.4 is 10.4 Å². The fourth-order valence-corrected chi connectivity index (χ4v) is 1.96. The van der Waals surface area contributed by atoms with Crippen LogP contribution >= 0.6 is 0 Å². The van der Waals surface area contributed by atoms with E-state index < -0.39 is 5.63 Å². The first-order chi connectivity index (χ1) is 10.0. The van der Waals surface area contributed by atoms with Crippen molar-refractivity contribution in [1.29, 1.82) is 0 Å². The molecule has 0 atom stereocenters. The first kappa shape index (κ1) is 14.8. The van der Waals surface area contributed by atoms with Crippen molar-refractivity contribution < 1.29 is 14.3 Å². The van der Waals surface area contributed by atoms with E-state index in [0.717, 1.165) is 5.75 Å². The van der Waals surface area contributed by atoms with Crippen LogP contribution in [0, 0.1) is 6.92 Å². The Kier molecular flexibility index (Phi) is 4.42. The third-order valence-corrected chi connectivity index (χ3v) is 2.86. The van der Waals surface area contributed by atoms with E-state index in [1.807, 2.05) is 6.92 Å². The van der Waals surface area contributed by atoms with Crippen LogP contribution in [0.3, 0.4) is 0 Å². The molecule has 21 heavy (non-hydrogen) atoms. The largest absolute Gasteiger partial charge is 0.507 e. The van der Waals surface area contributed by atoms with Crippen molar-refractivity contribution in [1.82, 2.24) is 0 Å². The van der Waals surface area contributed by atoms with E-state index in [0.29, 0.717) is 23.8 Å². The molecule has 110 valence electrons. The number of nitrogens with zero attached hydrogens (tertiary/aromatic N) is 1. The average Bonchev–Trinajstić information content (AvgIpc) is 2.40. The second-order valence-corrected chi connectivity index (χ2v) is 4.53. The minimum Gasteiger partial charge on any atom is -0.507 e. The fraction of sp³-hybridized carbons (Fsp3) is 0.250. The number of aryl methyl sites for hydroxylation is 1. The minimum atomic E-state index is -0.598. The molecule has 0 aliphatic carbocycles. The maximum absolute atomic E-state index is 11.8. The van der Waals surface area contributed by atoms with Crippen molar-refractivity contribution in [2.24, 2.45) is 4.99 Å². The van der Waals surface area contributed by atoms with Gasteiger partial charge in [0.25, 0.3) is 0 Å². The second kappa shape index (κ2) is 6.26. The summed E-state index contributed by atoms with van der Waals surface area (Å²) >= 11 is 0. The number of aliphatic imine (C=N–C) groups is 1. The molecular weight excluding hydrogens is 270 g/mol. The van der Waals surface area contributed by atoms with E-state index >= 15 is 0 Å². The normalized spacial score (nSPS) is 11.5. The van der Waals surface area contributed by atoms with Crippen LogP contribution in [0.25, 0.3) is 0 Å². The molecule has 0 amide bonds. The van der Waals surface area contributed by atoms with E-state index in [2.05, 4.69) is 4.99 Å². The lowest BCUT2D eigenvalue weighted by Crippen LogP contribution is -2.12. The van der Waals surface area contributed by atoms with Crippen LogP contribution in [-0.4, -0.2) is 17.4 Å². The van der Waals surface area contributed by atoms with Gasteiger partial charge in [0.05, 0.1) is 18.0 Å². The Labute approximate surface area is 122 Å². The number of rotatable bonds is 4. The lowest BCUT2D eigenvalue weighted by molar-refractivity contribution is 0.340. The number of hydrogen-bond donors (Lipinski definition) is 1. The molecule has 5 nitrogen and oxygen atoms in total. The molecule has 0 unspecified atom stereocenters. The SMILES string of the molecule is CCOc1ccc(N=C(C)c2c(O)cc(C)oc2=O)cc1. The maximum Gasteiger partial charge on any atom is 0.348 e. The van der Waals surface area contributed by atoms with Crippen molar-refractivity contribution in [2.75, 3.05) is 6.61 Å². The van der Waals surface area contributed by atoms with Gasteiger partial charge in [0.15, 0.2) is 0 Å². The molecule has 1 N–H and O–H groups in total. The summed E-state index contributed by atoms with van der Waals surface area (Å²) < 4.78 is 10.3. The lowest BCUT2D eigenvalue weighted by atomic mass is 10.1. The lowest BCUT2D eigenvalue weighted by Gasteiger charge is -2.05. The zero-order valence-corrected chi connectivity index (χ0v) is 12.2. The van der Waals surface area contributed by atoms with Crippen LogP contribution in [0.4, 0.5) is 5.69 Å². The summed E-state index contributed by atoms with van der Waals surface area (Å²) in [4.78, 5) is 16.1. The summed E-state index contributed by atoms with van der Waals surface area (Å²) in [6.45, 7) is 5.76. The Bertz CT molecular complexity index is 714. The first-order valence-corrected chi connectivity index (χ1v) is 6.63. The first-order valence-electron chi connectivity index (χ1n) is 6.63. The van der Waals surface area contributed by atoms with Crippen molar-refractivity contribution in [3.05, 3.63) is 52.1 Å². The predicted molar refractivity (Wildman–Crippen MR) is 80.9 cm³/mol. The van der Waals surface area contributed by atoms with Crippen molar-refractivity contribution in [3.63, 3.8) is 0 Å². The van der Waals surface area contributed by atoms with E-state index in [9.17, 15) is 9.90 Å². The Morgan fingerprint density at radius 2 is 2.00 bits per heavy atom. The van der Waals surface area contributed by atoms with Gasteiger partial charge in [-0.25, -0.2) is 4.79 Å². The molecule has 0 radical (unpaired) electrons. The van der Waals surface area contributed by atoms with Gasteiger partial charge in [-0.1, -0.05) is 0 Å². The van der Waals surface area contributed by atoms with Crippen LogP contribution in [0.1, 0.15) is 25.2 Å². The second-order valence-electron chi connectivity index (χ2n) is 4.53. The number of aromatic hydroxyl groups is 1. The molecule has 0 saturated carbocycles. The molecule has 0 aliphatic rings. The van der Waals surface area contributed by atoms with Gasteiger partial charge in [0.2, 0.25) is 0 Å². The Hall–Kier alpha value is -2.56. The fourth-order valence-electron chi connectivity index (χ4n) is 1.96. The van der Waals surface area contributed by atoms with Gasteiger partial charge in [-0.3, -0.25) is 4.99 Å². The molecule has 0 spiro atoms. The highest BCUT2D eigenvalue weighted by Crippen LogP contribution is 2.21.